The number of aryl methyl sites for hydroxylation is 1. The molecule has 0 saturated heterocycles. The van der Waals surface area contributed by atoms with E-state index in [-0.39, 0.29) is 5.91 Å². The highest BCUT2D eigenvalue weighted by atomic mass is 16.5. The Morgan fingerprint density at radius 3 is 2.57 bits per heavy atom. The largest absolute Gasteiger partial charge is 0.497 e. The maximum absolute atomic E-state index is 12.9. The van der Waals surface area contributed by atoms with Crippen molar-refractivity contribution in [2.45, 2.75) is 20.4 Å². The van der Waals surface area contributed by atoms with Crippen LogP contribution in [0.5, 0.6) is 5.75 Å². The number of carbonyl (C=O) groups is 1. The van der Waals surface area contributed by atoms with Crippen LogP contribution in [0, 0.1) is 13.8 Å². The summed E-state index contributed by atoms with van der Waals surface area (Å²) in [4.78, 5) is 12.9. The quantitative estimate of drug-likeness (QED) is 0.515. The molecular formula is C24H24N4O2. The second-order valence-corrected chi connectivity index (χ2v) is 7.18. The molecule has 0 saturated carbocycles. The number of nitrogens with zero attached hydrogens (tertiary/aromatic N) is 3. The van der Waals surface area contributed by atoms with Crippen molar-refractivity contribution < 1.29 is 9.53 Å². The van der Waals surface area contributed by atoms with Crippen molar-refractivity contribution in [1.29, 1.82) is 0 Å². The third kappa shape index (κ3) is 3.98. The smallest absolute Gasteiger partial charge is 0.257 e. The first-order valence-corrected chi connectivity index (χ1v) is 9.76. The fourth-order valence-electron chi connectivity index (χ4n) is 3.61. The van der Waals surface area contributed by atoms with Crippen LogP contribution in [0.4, 0.5) is 5.69 Å². The van der Waals surface area contributed by atoms with Crippen molar-refractivity contribution in [3.63, 3.8) is 0 Å². The molecule has 152 valence electrons. The van der Waals surface area contributed by atoms with Crippen LogP contribution in [0.25, 0.3) is 5.69 Å². The number of ether oxygens (including phenoxy) is 1. The molecule has 0 aliphatic heterocycles. The van der Waals surface area contributed by atoms with Gasteiger partial charge in [-0.05, 0) is 55.8 Å². The second kappa shape index (κ2) is 8.29. The zero-order valence-corrected chi connectivity index (χ0v) is 17.3. The van der Waals surface area contributed by atoms with Crippen molar-refractivity contribution in [3.8, 4) is 11.4 Å². The van der Waals surface area contributed by atoms with Gasteiger partial charge in [-0.1, -0.05) is 18.2 Å². The summed E-state index contributed by atoms with van der Waals surface area (Å²) in [6, 6.07) is 19.4. The van der Waals surface area contributed by atoms with Crippen molar-refractivity contribution in [2.75, 3.05) is 12.4 Å². The number of carbonyl (C=O) groups excluding carboxylic acids is 1. The molecule has 4 aromatic rings. The third-order valence-electron chi connectivity index (χ3n) is 5.10. The van der Waals surface area contributed by atoms with E-state index in [4.69, 9.17) is 4.74 Å². The molecule has 1 N–H and O–H groups in total. The van der Waals surface area contributed by atoms with E-state index in [9.17, 15) is 4.79 Å². The summed E-state index contributed by atoms with van der Waals surface area (Å²) < 4.78 is 9.26. The lowest BCUT2D eigenvalue weighted by atomic mass is 10.2. The summed E-state index contributed by atoms with van der Waals surface area (Å²) >= 11 is 0. The maximum atomic E-state index is 12.9. The molecular weight excluding hydrogens is 376 g/mol. The monoisotopic (exact) mass is 400 g/mol. The van der Waals surface area contributed by atoms with Crippen molar-refractivity contribution in [2.24, 2.45) is 0 Å². The average molecular weight is 400 g/mol. The van der Waals surface area contributed by atoms with Gasteiger partial charge < -0.3 is 14.6 Å². The summed E-state index contributed by atoms with van der Waals surface area (Å²) in [5.41, 5.74) is 5.36. The van der Waals surface area contributed by atoms with Crippen LogP contribution in [0.1, 0.15) is 27.3 Å². The van der Waals surface area contributed by atoms with E-state index in [2.05, 4.69) is 15.0 Å². The summed E-state index contributed by atoms with van der Waals surface area (Å²) in [5.74, 6) is 0.651. The summed E-state index contributed by atoms with van der Waals surface area (Å²) in [6.45, 7) is 4.64. The van der Waals surface area contributed by atoms with Gasteiger partial charge in [0.2, 0.25) is 0 Å². The number of methoxy groups -OCH3 is 1. The van der Waals surface area contributed by atoms with Gasteiger partial charge in [-0.15, -0.1) is 0 Å². The SMILES string of the molecule is COc1cccc(-n2c(C)cc(C(=O)Nc3ccc(Cn4cccn4)cc3)c2C)c1. The van der Waals surface area contributed by atoms with Gasteiger partial charge in [-0.25, -0.2) is 0 Å². The lowest BCUT2D eigenvalue weighted by Crippen LogP contribution is -2.13. The molecule has 0 aliphatic carbocycles. The lowest BCUT2D eigenvalue weighted by Gasteiger charge is -2.11. The summed E-state index contributed by atoms with van der Waals surface area (Å²) in [5, 5.41) is 7.22. The number of rotatable bonds is 6. The van der Waals surface area contributed by atoms with Crippen LogP contribution < -0.4 is 10.1 Å². The van der Waals surface area contributed by atoms with Crippen LogP contribution in [0.2, 0.25) is 0 Å². The first-order valence-electron chi connectivity index (χ1n) is 9.76. The predicted octanol–water partition coefficient (Wildman–Crippen LogP) is 4.60. The Morgan fingerprint density at radius 2 is 1.87 bits per heavy atom. The maximum Gasteiger partial charge on any atom is 0.257 e. The molecule has 0 spiro atoms. The second-order valence-electron chi connectivity index (χ2n) is 7.18. The van der Waals surface area contributed by atoms with Gasteiger partial charge in [0.05, 0.1) is 19.2 Å². The van der Waals surface area contributed by atoms with E-state index in [1.165, 1.54) is 0 Å². The molecule has 0 bridgehead atoms. The molecule has 0 radical (unpaired) electrons. The Labute approximate surface area is 175 Å². The first-order chi connectivity index (χ1) is 14.5. The molecule has 30 heavy (non-hydrogen) atoms. The van der Waals surface area contributed by atoms with Crippen LogP contribution in [-0.2, 0) is 6.54 Å². The molecule has 1 amide bonds. The Kier molecular flexibility index (Phi) is 5.39. The highest BCUT2D eigenvalue weighted by Gasteiger charge is 2.17. The van der Waals surface area contributed by atoms with Gasteiger partial charge in [-0.3, -0.25) is 9.48 Å². The molecule has 6 nitrogen and oxygen atoms in total. The zero-order chi connectivity index (χ0) is 21.1. The molecule has 0 atom stereocenters. The van der Waals surface area contributed by atoms with E-state index in [0.29, 0.717) is 12.1 Å². The van der Waals surface area contributed by atoms with Crippen LogP contribution in [-0.4, -0.2) is 27.4 Å². The van der Waals surface area contributed by atoms with Gasteiger partial charge >= 0.3 is 0 Å². The molecule has 0 aliphatic rings. The van der Waals surface area contributed by atoms with Gasteiger partial charge in [0.15, 0.2) is 0 Å². The number of hydrogen-bond acceptors (Lipinski definition) is 3. The number of nitrogens with one attached hydrogen (secondary N) is 1. The standard InChI is InChI=1S/C24H24N4O2/c1-17-14-23(18(2)28(17)21-6-4-7-22(15-21)30-3)24(29)26-20-10-8-19(9-11-20)16-27-13-5-12-25-27/h4-15H,16H2,1-3H3,(H,26,29). The Balaban J connectivity index is 1.52. The highest BCUT2D eigenvalue weighted by molar-refractivity contribution is 6.05. The van der Waals surface area contributed by atoms with E-state index in [1.54, 1.807) is 13.3 Å². The number of aromatic nitrogens is 3. The molecule has 2 heterocycles. The van der Waals surface area contributed by atoms with Crippen LogP contribution in [0.15, 0.2) is 73.1 Å². The van der Waals surface area contributed by atoms with E-state index in [1.807, 2.05) is 85.4 Å². The molecule has 6 heteroatoms. The Morgan fingerprint density at radius 1 is 1.07 bits per heavy atom. The zero-order valence-electron chi connectivity index (χ0n) is 17.3. The first kappa shape index (κ1) is 19.5. The topological polar surface area (TPSA) is 61.1 Å². The minimum absolute atomic E-state index is 0.128. The van der Waals surface area contributed by atoms with Gasteiger partial charge in [0.25, 0.3) is 5.91 Å². The molecule has 2 aromatic carbocycles. The Bertz CT molecular complexity index is 1160. The van der Waals surface area contributed by atoms with Gasteiger partial charge in [0, 0.05) is 41.2 Å². The van der Waals surface area contributed by atoms with Crippen LogP contribution in [0.3, 0.4) is 0 Å². The Hall–Kier alpha value is -3.80. The van der Waals surface area contributed by atoms with Crippen LogP contribution >= 0.6 is 0 Å². The van der Waals surface area contributed by atoms with Crippen molar-refractivity contribution in [3.05, 3.63) is 95.6 Å². The van der Waals surface area contributed by atoms with Gasteiger partial charge in [0.1, 0.15) is 5.75 Å². The minimum Gasteiger partial charge on any atom is -0.497 e. The third-order valence-corrected chi connectivity index (χ3v) is 5.10. The fourth-order valence-corrected chi connectivity index (χ4v) is 3.61. The number of benzene rings is 2. The summed E-state index contributed by atoms with van der Waals surface area (Å²) in [6.07, 6.45) is 3.68. The molecule has 0 fully saturated rings. The van der Waals surface area contributed by atoms with Crippen molar-refractivity contribution in [1.82, 2.24) is 14.3 Å². The summed E-state index contributed by atoms with van der Waals surface area (Å²) in [7, 11) is 1.65. The minimum atomic E-state index is -0.128. The average Bonchev–Trinajstić information content (AvgIpc) is 3.37. The number of anilines is 1. The molecule has 2 aromatic heterocycles. The molecule has 4 rings (SSSR count). The number of amides is 1. The van der Waals surface area contributed by atoms with E-state index in [0.717, 1.165) is 34.1 Å². The van der Waals surface area contributed by atoms with Gasteiger partial charge in [-0.2, -0.15) is 5.10 Å². The van der Waals surface area contributed by atoms with Crippen molar-refractivity contribution >= 4 is 11.6 Å². The normalized spacial score (nSPS) is 10.8. The predicted molar refractivity (Wildman–Crippen MR) is 118 cm³/mol. The van der Waals surface area contributed by atoms with E-state index < -0.39 is 0 Å². The fraction of sp³-hybridized carbons (Fsp3) is 0.167. The highest BCUT2D eigenvalue weighted by Crippen LogP contribution is 2.24. The lowest BCUT2D eigenvalue weighted by molar-refractivity contribution is 0.102. The molecule has 0 unspecified atom stereocenters. The van der Waals surface area contributed by atoms with E-state index >= 15 is 0 Å². The number of hydrogen-bond donors (Lipinski definition) is 1.